The van der Waals surface area contributed by atoms with Crippen LogP contribution in [0.3, 0.4) is 0 Å². The lowest BCUT2D eigenvalue weighted by Crippen LogP contribution is -2.50. The van der Waals surface area contributed by atoms with E-state index in [0.717, 1.165) is 24.6 Å². The first kappa shape index (κ1) is 17.0. The van der Waals surface area contributed by atoms with Crippen LogP contribution in [0, 0.1) is 6.92 Å². The lowest BCUT2D eigenvalue weighted by Gasteiger charge is -2.35. The molecule has 0 N–H and O–H groups in total. The highest BCUT2D eigenvalue weighted by atomic mass is 16.5. The smallest absolute Gasteiger partial charge is 0.260 e. The third-order valence-corrected chi connectivity index (χ3v) is 4.14. The predicted molar refractivity (Wildman–Crippen MR) is 94.1 cm³/mol. The fourth-order valence-electron chi connectivity index (χ4n) is 2.67. The summed E-state index contributed by atoms with van der Waals surface area (Å²) in [6.07, 6.45) is 0. The summed E-state index contributed by atoms with van der Waals surface area (Å²) < 4.78 is 10.7. The van der Waals surface area contributed by atoms with Crippen molar-refractivity contribution in [1.82, 2.24) is 15.1 Å². The summed E-state index contributed by atoms with van der Waals surface area (Å²) in [5, 5.41) is 8.28. The van der Waals surface area contributed by atoms with Crippen LogP contribution in [0.5, 0.6) is 11.5 Å². The second-order valence-electron chi connectivity index (χ2n) is 5.87. The van der Waals surface area contributed by atoms with E-state index < -0.39 is 0 Å². The lowest BCUT2D eigenvalue weighted by molar-refractivity contribution is -0.133. The minimum atomic E-state index is -0.0162. The SMILES string of the molecule is COc1cccc(OCC(=O)N2CCN(c3ccc(C)nn3)CC2)c1. The topological polar surface area (TPSA) is 67.8 Å². The number of benzene rings is 1. The molecule has 1 aromatic heterocycles. The summed E-state index contributed by atoms with van der Waals surface area (Å²) in [4.78, 5) is 16.3. The Bertz CT molecular complexity index is 713. The molecule has 7 heteroatoms. The fourth-order valence-corrected chi connectivity index (χ4v) is 2.67. The van der Waals surface area contributed by atoms with Crippen molar-refractivity contribution >= 4 is 11.7 Å². The molecule has 2 aromatic rings. The Kier molecular flexibility index (Phi) is 5.33. The van der Waals surface area contributed by atoms with Crippen molar-refractivity contribution < 1.29 is 14.3 Å². The van der Waals surface area contributed by atoms with Crippen LogP contribution in [-0.4, -0.2) is 60.9 Å². The van der Waals surface area contributed by atoms with Gasteiger partial charge in [-0.3, -0.25) is 4.79 Å². The first-order chi connectivity index (χ1) is 12.2. The first-order valence-corrected chi connectivity index (χ1v) is 8.25. The maximum atomic E-state index is 12.3. The van der Waals surface area contributed by atoms with Crippen LogP contribution in [-0.2, 0) is 4.79 Å². The molecule has 0 bridgehead atoms. The van der Waals surface area contributed by atoms with E-state index in [-0.39, 0.29) is 12.5 Å². The summed E-state index contributed by atoms with van der Waals surface area (Å²) in [6.45, 7) is 4.71. The van der Waals surface area contributed by atoms with Crippen molar-refractivity contribution in [2.24, 2.45) is 0 Å². The zero-order valence-electron chi connectivity index (χ0n) is 14.5. The van der Waals surface area contributed by atoms with Crippen LogP contribution in [0.25, 0.3) is 0 Å². The van der Waals surface area contributed by atoms with E-state index in [1.165, 1.54) is 0 Å². The molecule has 1 amide bonds. The van der Waals surface area contributed by atoms with Crippen molar-refractivity contribution in [2.75, 3.05) is 44.8 Å². The van der Waals surface area contributed by atoms with Crippen molar-refractivity contribution in [3.05, 3.63) is 42.1 Å². The van der Waals surface area contributed by atoms with Crippen LogP contribution in [0.15, 0.2) is 36.4 Å². The maximum Gasteiger partial charge on any atom is 0.260 e. The van der Waals surface area contributed by atoms with Gasteiger partial charge in [0.25, 0.3) is 5.91 Å². The number of nitrogens with zero attached hydrogens (tertiary/aromatic N) is 4. The average Bonchev–Trinajstić information content (AvgIpc) is 2.67. The van der Waals surface area contributed by atoms with E-state index in [1.807, 2.05) is 42.2 Å². The molecule has 0 aliphatic carbocycles. The van der Waals surface area contributed by atoms with Gasteiger partial charge in [-0.25, -0.2) is 0 Å². The number of hydrogen-bond donors (Lipinski definition) is 0. The highest BCUT2D eigenvalue weighted by molar-refractivity contribution is 5.78. The van der Waals surface area contributed by atoms with Gasteiger partial charge in [0.05, 0.1) is 12.8 Å². The Morgan fingerprint density at radius 1 is 1.08 bits per heavy atom. The van der Waals surface area contributed by atoms with Gasteiger partial charge in [-0.2, -0.15) is 5.10 Å². The van der Waals surface area contributed by atoms with E-state index in [2.05, 4.69) is 15.1 Å². The van der Waals surface area contributed by atoms with Gasteiger partial charge in [0.1, 0.15) is 11.5 Å². The van der Waals surface area contributed by atoms with E-state index in [4.69, 9.17) is 9.47 Å². The molecule has 1 aliphatic rings. The second-order valence-corrected chi connectivity index (χ2v) is 5.87. The summed E-state index contributed by atoms with van der Waals surface area (Å²) in [7, 11) is 1.60. The van der Waals surface area contributed by atoms with Gasteiger partial charge in [0, 0.05) is 32.2 Å². The zero-order chi connectivity index (χ0) is 17.6. The van der Waals surface area contributed by atoms with Gasteiger partial charge in [-0.15, -0.1) is 5.10 Å². The summed E-state index contributed by atoms with van der Waals surface area (Å²) in [5.74, 6) is 2.17. The Hall–Kier alpha value is -2.83. The summed E-state index contributed by atoms with van der Waals surface area (Å²) in [5.41, 5.74) is 0.896. The van der Waals surface area contributed by atoms with E-state index in [0.29, 0.717) is 24.6 Å². The standard InChI is InChI=1S/C18H22N4O3/c1-14-6-7-17(20-19-14)21-8-10-22(11-9-21)18(23)13-25-16-5-3-4-15(12-16)24-2/h3-7,12H,8-11,13H2,1-2H3. The van der Waals surface area contributed by atoms with E-state index >= 15 is 0 Å². The van der Waals surface area contributed by atoms with Crippen molar-refractivity contribution in [3.8, 4) is 11.5 Å². The third-order valence-electron chi connectivity index (χ3n) is 4.14. The van der Waals surface area contributed by atoms with Gasteiger partial charge in [0.2, 0.25) is 0 Å². The van der Waals surface area contributed by atoms with Crippen LogP contribution in [0.2, 0.25) is 0 Å². The van der Waals surface area contributed by atoms with Crippen molar-refractivity contribution in [3.63, 3.8) is 0 Å². The Morgan fingerprint density at radius 3 is 2.52 bits per heavy atom. The Morgan fingerprint density at radius 2 is 1.84 bits per heavy atom. The number of carbonyl (C=O) groups excluding carboxylic acids is 1. The molecule has 7 nitrogen and oxygen atoms in total. The molecule has 1 aliphatic heterocycles. The molecule has 2 heterocycles. The largest absolute Gasteiger partial charge is 0.497 e. The number of carbonyl (C=O) groups is 1. The van der Waals surface area contributed by atoms with Crippen molar-refractivity contribution in [2.45, 2.75) is 6.92 Å². The van der Waals surface area contributed by atoms with Gasteiger partial charge in [0.15, 0.2) is 12.4 Å². The molecule has 0 radical (unpaired) electrons. The molecule has 1 aromatic carbocycles. The number of ether oxygens (including phenoxy) is 2. The van der Waals surface area contributed by atoms with E-state index in [1.54, 1.807) is 13.2 Å². The van der Waals surface area contributed by atoms with E-state index in [9.17, 15) is 4.79 Å². The second kappa shape index (κ2) is 7.83. The Balaban J connectivity index is 1.48. The monoisotopic (exact) mass is 342 g/mol. The highest BCUT2D eigenvalue weighted by Crippen LogP contribution is 2.19. The molecule has 132 valence electrons. The number of aryl methyl sites for hydroxylation is 1. The number of methoxy groups -OCH3 is 1. The van der Waals surface area contributed by atoms with Gasteiger partial charge in [-0.1, -0.05) is 6.07 Å². The summed E-state index contributed by atoms with van der Waals surface area (Å²) >= 11 is 0. The molecule has 0 spiro atoms. The molecule has 0 unspecified atom stereocenters. The predicted octanol–water partition coefficient (Wildman–Crippen LogP) is 1.52. The third kappa shape index (κ3) is 4.37. The van der Waals surface area contributed by atoms with Crippen LogP contribution in [0.1, 0.15) is 5.69 Å². The molecule has 25 heavy (non-hydrogen) atoms. The zero-order valence-corrected chi connectivity index (χ0v) is 14.5. The summed E-state index contributed by atoms with van der Waals surface area (Å²) in [6, 6.07) is 11.2. The van der Waals surface area contributed by atoms with Crippen LogP contribution in [0.4, 0.5) is 5.82 Å². The quantitative estimate of drug-likeness (QED) is 0.821. The number of aromatic nitrogens is 2. The number of anilines is 1. The fraction of sp³-hybridized carbons (Fsp3) is 0.389. The molecule has 0 atom stereocenters. The Labute approximate surface area is 147 Å². The number of hydrogen-bond acceptors (Lipinski definition) is 6. The number of rotatable bonds is 5. The molecular weight excluding hydrogens is 320 g/mol. The van der Waals surface area contributed by atoms with Gasteiger partial charge in [-0.05, 0) is 31.2 Å². The minimum Gasteiger partial charge on any atom is -0.497 e. The van der Waals surface area contributed by atoms with Crippen LogP contribution >= 0.6 is 0 Å². The molecule has 0 saturated carbocycles. The van der Waals surface area contributed by atoms with Crippen LogP contribution < -0.4 is 14.4 Å². The number of piperazine rings is 1. The molecular formula is C18H22N4O3. The highest BCUT2D eigenvalue weighted by Gasteiger charge is 2.22. The molecule has 1 fully saturated rings. The minimum absolute atomic E-state index is 0.0162. The van der Waals surface area contributed by atoms with Gasteiger partial charge >= 0.3 is 0 Å². The average molecular weight is 342 g/mol. The molecule has 1 saturated heterocycles. The first-order valence-electron chi connectivity index (χ1n) is 8.25. The normalized spacial score (nSPS) is 14.3. The molecule has 3 rings (SSSR count). The lowest BCUT2D eigenvalue weighted by atomic mass is 10.3. The van der Waals surface area contributed by atoms with Crippen molar-refractivity contribution in [1.29, 1.82) is 0 Å². The maximum absolute atomic E-state index is 12.3. The van der Waals surface area contributed by atoms with Gasteiger partial charge < -0.3 is 19.3 Å². The number of amides is 1.